The molecule has 0 aromatic rings. The van der Waals surface area contributed by atoms with Gasteiger partial charge in [-0.05, 0) is 34.7 Å². The van der Waals surface area contributed by atoms with E-state index in [1.54, 1.807) is 0 Å². The summed E-state index contributed by atoms with van der Waals surface area (Å²) >= 11 is 0. The Kier molecular flexibility index (Phi) is 3.56. The van der Waals surface area contributed by atoms with Crippen LogP contribution in [0.4, 0.5) is 0 Å². The summed E-state index contributed by atoms with van der Waals surface area (Å²) in [5, 5.41) is 9.39. The van der Waals surface area contributed by atoms with Crippen molar-refractivity contribution >= 4 is 0 Å². The molecule has 0 aromatic heterocycles. The van der Waals surface area contributed by atoms with Crippen molar-refractivity contribution in [3.8, 4) is 0 Å². The molecule has 84 valence electrons. The first-order valence-electron chi connectivity index (χ1n) is 5.44. The highest BCUT2D eigenvalue weighted by atomic mass is 16.3. The van der Waals surface area contributed by atoms with Crippen molar-refractivity contribution in [2.75, 3.05) is 26.7 Å². The SMILES string of the molecule is CC1CN(C)CC(CO)N1C(C)(C)C. The highest BCUT2D eigenvalue weighted by Gasteiger charge is 2.36. The molecule has 0 bridgehead atoms. The average molecular weight is 200 g/mol. The maximum atomic E-state index is 9.39. The first kappa shape index (κ1) is 12.0. The van der Waals surface area contributed by atoms with E-state index in [0.29, 0.717) is 6.04 Å². The Hall–Kier alpha value is -0.120. The Morgan fingerprint density at radius 2 is 1.86 bits per heavy atom. The van der Waals surface area contributed by atoms with Gasteiger partial charge in [0.15, 0.2) is 0 Å². The Balaban J connectivity index is 2.79. The number of aliphatic hydroxyl groups is 1. The molecule has 1 fully saturated rings. The van der Waals surface area contributed by atoms with Crippen LogP contribution in [0.3, 0.4) is 0 Å². The number of nitrogens with zero attached hydrogens (tertiary/aromatic N) is 2. The zero-order chi connectivity index (χ0) is 10.9. The minimum Gasteiger partial charge on any atom is -0.395 e. The van der Waals surface area contributed by atoms with Crippen LogP contribution in [0.25, 0.3) is 0 Å². The predicted octanol–water partition coefficient (Wildman–Crippen LogP) is 0.782. The number of aliphatic hydroxyl groups excluding tert-OH is 1. The van der Waals surface area contributed by atoms with E-state index in [1.165, 1.54) is 0 Å². The lowest BCUT2D eigenvalue weighted by Gasteiger charge is -2.50. The zero-order valence-corrected chi connectivity index (χ0v) is 10.1. The van der Waals surface area contributed by atoms with Gasteiger partial charge in [-0.15, -0.1) is 0 Å². The second-order valence-electron chi connectivity index (χ2n) is 5.48. The Morgan fingerprint density at radius 3 is 2.29 bits per heavy atom. The third kappa shape index (κ3) is 2.47. The summed E-state index contributed by atoms with van der Waals surface area (Å²) in [6.45, 7) is 11.2. The molecular formula is C11H24N2O. The molecule has 0 saturated carbocycles. The quantitative estimate of drug-likeness (QED) is 0.677. The van der Waals surface area contributed by atoms with Gasteiger partial charge in [-0.25, -0.2) is 0 Å². The maximum absolute atomic E-state index is 9.39. The Bertz CT molecular complexity index is 188. The van der Waals surface area contributed by atoms with Crippen LogP contribution in [0.15, 0.2) is 0 Å². The molecule has 0 radical (unpaired) electrons. The zero-order valence-electron chi connectivity index (χ0n) is 10.1. The van der Waals surface area contributed by atoms with Gasteiger partial charge in [0.25, 0.3) is 0 Å². The van der Waals surface area contributed by atoms with E-state index in [4.69, 9.17) is 0 Å². The standard InChI is InChI=1S/C11H24N2O/c1-9-6-12(5)7-10(8-14)13(9)11(2,3)4/h9-10,14H,6-8H2,1-5H3. The molecule has 14 heavy (non-hydrogen) atoms. The highest BCUT2D eigenvalue weighted by Crippen LogP contribution is 2.24. The number of hydrogen-bond acceptors (Lipinski definition) is 3. The van der Waals surface area contributed by atoms with E-state index in [-0.39, 0.29) is 18.2 Å². The third-order valence-corrected chi connectivity index (χ3v) is 2.95. The highest BCUT2D eigenvalue weighted by molar-refractivity contribution is 4.92. The van der Waals surface area contributed by atoms with Crippen LogP contribution in [0.5, 0.6) is 0 Å². The van der Waals surface area contributed by atoms with Crippen molar-refractivity contribution in [3.05, 3.63) is 0 Å². The molecule has 0 aromatic carbocycles. The second-order valence-corrected chi connectivity index (χ2v) is 5.48. The van der Waals surface area contributed by atoms with Crippen molar-refractivity contribution in [2.45, 2.75) is 45.3 Å². The van der Waals surface area contributed by atoms with Crippen molar-refractivity contribution < 1.29 is 5.11 Å². The van der Waals surface area contributed by atoms with Gasteiger partial charge < -0.3 is 10.0 Å². The summed E-state index contributed by atoms with van der Waals surface area (Å²) < 4.78 is 0. The summed E-state index contributed by atoms with van der Waals surface area (Å²) in [5.41, 5.74) is 0.147. The molecule has 1 aliphatic rings. The van der Waals surface area contributed by atoms with Gasteiger partial charge in [-0.2, -0.15) is 0 Å². The monoisotopic (exact) mass is 200 g/mol. The van der Waals surface area contributed by atoms with Gasteiger partial charge in [-0.3, -0.25) is 4.90 Å². The lowest BCUT2D eigenvalue weighted by Crippen LogP contribution is -2.63. The average Bonchev–Trinajstić information content (AvgIpc) is 1.99. The van der Waals surface area contributed by atoms with Gasteiger partial charge in [0, 0.05) is 30.7 Å². The van der Waals surface area contributed by atoms with Crippen LogP contribution < -0.4 is 0 Å². The fourth-order valence-electron chi connectivity index (χ4n) is 2.78. The van der Waals surface area contributed by atoms with E-state index in [0.717, 1.165) is 13.1 Å². The van der Waals surface area contributed by atoms with Crippen LogP contribution in [-0.2, 0) is 0 Å². The van der Waals surface area contributed by atoms with Crippen LogP contribution >= 0.6 is 0 Å². The summed E-state index contributed by atoms with van der Waals surface area (Å²) in [5.74, 6) is 0. The van der Waals surface area contributed by atoms with Gasteiger partial charge in [0.1, 0.15) is 0 Å². The minimum absolute atomic E-state index is 0.147. The molecule has 0 aliphatic carbocycles. The smallest absolute Gasteiger partial charge is 0.0599 e. The number of piperazine rings is 1. The van der Waals surface area contributed by atoms with Gasteiger partial charge in [0.2, 0.25) is 0 Å². The third-order valence-electron chi connectivity index (χ3n) is 2.95. The Labute approximate surface area is 87.7 Å². The largest absolute Gasteiger partial charge is 0.395 e. The van der Waals surface area contributed by atoms with E-state index >= 15 is 0 Å². The molecule has 1 saturated heterocycles. The molecule has 1 aliphatic heterocycles. The molecular weight excluding hydrogens is 176 g/mol. The first-order chi connectivity index (χ1) is 6.36. The predicted molar refractivity (Wildman–Crippen MR) is 59.4 cm³/mol. The van der Waals surface area contributed by atoms with Crippen LogP contribution in [0.1, 0.15) is 27.7 Å². The lowest BCUT2D eigenvalue weighted by atomic mass is 9.97. The summed E-state index contributed by atoms with van der Waals surface area (Å²) in [6, 6.07) is 0.801. The fourth-order valence-corrected chi connectivity index (χ4v) is 2.78. The lowest BCUT2D eigenvalue weighted by molar-refractivity contribution is -0.0416. The van der Waals surface area contributed by atoms with E-state index in [1.807, 2.05) is 0 Å². The van der Waals surface area contributed by atoms with Crippen LogP contribution in [-0.4, -0.2) is 59.3 Å². The van der Waals surface area contributed by atoms with E-state index < -0.39 is 0 Å². The van der Waals surface area contributed by atoms with Gasteiger partial charge in [-0.1, -0.05) is 0 Å². The summed E-state index contributed by atoms with van der Waals surface area (Å²) in [6.07, 6.45) is 0. The minimum atomic E-state index is 0.147. The van der Waals surface area contributed by atoms with E-state index in [2.05, 4.69) is 44.5 Å². The first-order valence-corrected chi connectivity index (χ1v) is 5.44. The topological polar surface area (TPSA) is 26.7 Å². The van der Waals surface area contributed by atoms with E-state index in [9.17, 15) is 5.11 Å². The van der Waals surface area contributed by atoms with Gasteiger partial charge >= 0.3 is 0 Å². The van der Waals surface area contributed by atoms with Crippen molar-refractivity contribution in [1.82, 2.24) is 9.80 Å². The molecule has 0 amide bonds. The van der Waals surface area contributed by atoms with Crippen LogP contribution in [0.2, 0.25) is 0 Å². The fraction of sp³-hybridized carbons (Fsp3) is 1.00. The molecule has 3 heteroatoms. The molecule has 1 rings (SSSR count). The number of hydrogen-bond donors (Lipinski definition) is 1. The van der Waals surface area contributed by atoms with Crippen molar-refractivity contribution in [3.63, 3.8) is 0 Å². The van der Waals surface area contributed by atoms with Crippen molar-refractivity contribution in [2.24, 2.45) is 0 Å². The molecule has 2 atom stereocenters. The second kappa shape index (κ2) is 4.17. The normalized spacial score (nSPS) is 32.1. The molecule has 1 N–H and O–H groups in total. The molecule has 1 heterocycles. The molecule has 0 spiro atoms. The number of rotatable bonds is 1. The maximum Gasteiger partial charge on any atom is 0.0599 e. The summed E-state index contributed by atoms with van der Waals surface area (Å²) in [7, 11) is 2.12. The van der Waals surface area contributed by atoms with Crippen molar-refractivity contribution in [1.29, 1.82) is 0 Å². The molecule has 3 nitrogen and oxygen atoms in total. The Morgan fingerprint density at radius 1 is 1.29 bits per heavy atom. The molecule has 2 unspecified atom stereocenters. The van der Waals surface area contributed by atoms with Gasteiger partial charge in [0.05, 0.1) is 6.61 Å². The van der Waals surface area contributed by atoms with Crippen LogP contribution in [0, 0.1) is 0 Å². The number of likely N-dealkylation sites (N-methyl/N-ethyl adjacent to an activating group) is 1. The summed E-state index contributed by atoms with van der Waals surface area (Å²) in [4.78, 5) is 4.74.